The molecule has 0 radical (unpaired) electrons. The van der Waals surface area contributed by atoms with E-state index in [0.29, 0.717) is 46.6 Å². The van der Waals surface area contributed by atoms with Gasteiger partial charge >= 0.3 is 0 Å². The molecule has 4 aromatic rings. The van der Waals surface area contributed by atoms with Gasteiger partial charge in [0.15, 0.2) is 0 Å². The summed E-state index contributed by atoms with van der Waals surface area (Å²) < 4.78 is 28.5. The molecular weight excluding hydrogens is 404 g/mol. The van der Waals surface area contributed by atoms with E-state index in [1.54, 1.807) is 30.6 Å². The summed E-state index contributed by atoms with van der Waals surface area (Å²) in [7, 11) is 0. The molecule has 1 aliphatic rings. The zero-order chi connectivity index (χ0) is 21.5. The molecule has 3 N–H and O–H groups in total. The number of aliphatic hydroxyl groups is 2. The lowest BCUT2D eigenvalue weighted by Gasteiger charge is -2.34. The van der Waals surface area contributed by atoms with Gasteiger partial charge in [0.2, 0.25) is 0 Å². The molecule has 0 aliphatic carbocycles. The summed E-state index contributed by atoms with van der Waals surface area (Å²) in [6, 6.07) is 8.79. The molecule has 0 saturated carbocycles. The Hall–Kier alpha value is -3.43. The summed E-state index contributed by atoms with van der Waals surface area (Å²) in [5.74, 6) is -0.732. The summed E-state index contributed by atoms with van der Waals surface area (Å²) in [4.78, 5) is 10.7. The highest BCUT2D eigenvalue weighted by molar-refractivity contribution is 5.95. The molecule has 5 rings (SSSR count). The van der Waals surface area contributed by atoms with Crippen molar-refractivity contribution in [2.75, 3.05) is 18.0 Å². The fraction of sp³-hybridized carbons (Fsp3) is 0.227. The van der Waals surface area contributed by atoms with Crippen LogP contribution in [0.2, 0.25) is 0 Å². The molecule has 1 aliphatic heterocycles. The number of nitrogens with one attached hydrogen (secondary N) is 1. The van der Waals surface area contributed by atoms with Crippen LogP contribution >= 0.6 is 0 Å². The Morgan fingerprint density at radius 3 is 2.61 bits per heavy atom. The molecule has 1 saturated heterocycles. The number of β-amino-alcohol motifs (C(OH)–C–C–N with tert-alkyl or cyclic N) is 1. The average molecular weight is 423 g/mol. The van der Waals surface area contributed by atoms with E-state index in [9.17, 15) is 19.0 Å². The van der Waals surface area contributed by atoms with E-state index in [-0.39, 0.29) is 12.1 Å². The number of anilines is 1. The van der Waals surface area contributed by atoms with Gasteiger partial charge in [-0.3, -0.25) is 10.1 Å². The van der Waals surface area contributed by atoms with Gasteiger partial charge in [0.1, 0.15) is 28.8 Å². The lowest BCUT2D eigenvalue weighted by Crippen LogP contribution is -2.47. The number of piperidine rings is 1. The van der Waals surface area contributed by atoms with Crippen molar-refractivity contribution in [1.29, 1.82) is 0 Å². The number of rotatable bonds is 3. The van der Waals surface area contributed by atoms with Crippen LogP contribution in [0.4, 0.5) is 14.6 Å². The predicted octanol–water partition coefficient (Wildman–Crippen LogP) is 2.90. The molecule has 0 bridgehead atoms. The fourth-order valence-corrected chi connectivity index (χ4v) is 3.89. The molecule has 7 nitrogen and oxygen atoms in total. The Morgan fingerprint density at radius 2 is 1.84 bits per heavy atom. The number of benzene rings is 2. The highest BCUT2D eigenvalue weighted by Gasteiger charge is 2.27. The molecule has 2 aromatic carbocycles. The Morgan fingerprint density at radius 1 is 1.03 bits per heavy atom. The molecular formula is C22H19F2N5O2. The van der Waals surface area contributed by atoms with Crippen molar-refractivity contribution in [3.05, 3.63) is 60.4 Å². The summed E-state index contributed by atoms with van der Waals surface area (Å²) in [5, 5.41) is 27.6. The fourth-order valence-electron chi connectivity index (χ4n) is 3.89. The summed E-state index contributed by atoms with van der Waals surface area (Å²) in [5.41, 5.74) is 1.97. The Labute approximate surface area is 176 Å². The zero-order valence-electron chi connectivity index (χ0n) is 16.3. The van der Waals surface area contributed by atoms with Crippen molar-refractivity contribution in [3.8, 4) is 22.5 Å². The number of hydrogen-bond acceptors (Lipinski definition) is 6. The molecule has 158 valence electrons. The molecule has 2 aromatic heterocycles. The van der Waals surface area contributed by atoms with Gasteiger partial charge < -0.3 is 15.1 Å². The van der Waals surface area contributed by atoms with Crippen LogP contribution in [0.15, 0.2) is 48.8 Å². The summed E-state index contributed by atoms with van der Waals surface area (Å²) in [6.07, 6.45) is 1.97. The third-order valence-electron chi connectivity index (χ3n) is 5.55. The lowest BCUT2D eigenvalue weighted by molar-refractivity contribution is 0.00785. The van der Waals surface area contributed by atoms with Crippen molar-refractivity contribution >= 4 is 16.7 Å². The minimum absolute atomic E-state index is 0.0998. The third kappa shape index (κ3) is 3.51. The van der Waals surface area contributed by atoms with Crippen LogP contribution in [0.5, 0.6) is 0 Å². The van der Waals surface area contributed by atoms with Gasteiger partial charge in [-0.1, -0.05) is 12.1 Å². The molecule has 0 spiro atoms. The average Bonchev–Trinajstić information content (AvgIpc) is 3.19. The van der Waals surface area contributed by atoms with Crippen molar-refractivity contribution in [2.45, 2.75) is 18.6 Å². The highest BCUT2D eigenvalue weighted by Crippen LogP contribution is 2.32. The second kappa shape index (κ2) is 7.68. The second-order valence-corrected chi connectivity index (χ2v) is 7.56. The molecule has 3 heterocycles. The quantitative estimate of drug-likeness (QED) is 0.469. The first-order chi connectivity index (χ1) is 15.0. The maximum absolute atomic E-state index is 14.3. The first-order valence-electron chi connectivity index (χ1n) is 9.87. The normalized spacial score (nSPS) is 19.2. The molecule has 1 fully saturated rings. The smallest absolute Gasteiger partial charge is 0.147 e. The van der Waals surface area contributed by atoms with Crippen molar-refractivity contribution in [1.82, 2.24) is 20.2 Å². The number of fused-ring (bicyclic) bond motifs is 1. The number of halogens is 2. The van der Waals surface area contributed by atoms with Crippen LogP contribution in [0, 0.1) is 11.6 Å². The van der Waals surface area contributed by atoms with Crippen LogP contribution in [0.3, 0.4) is 0 Å². The monoisotopic (exact) mass is 423 g/mol. The van der Waals surface area contributed by atoms with E-state index in [4.69, 9.17) is 0 Å². The number of aromatic amines is 1. The summed E-state index contributed by atoms with van der Waals surface area (Å²) >= 11 is 0. The molecule has 9 heteroatoms. The van der Waals surface area contributed by atoms with Crippen molar-refractivity contribution in [2.24, 2.45) is 0 Å². The largest absolute Gasteiger partial charge is 0.390 e. The van der Waals surface area contributed by atoms with Crippen LogP contribution in [0.1, 0.15) is 6.42 Å². The van der Waals surface area contributed by atoms with Crippen LogP contribution < -0.4 is 4.90 Å². The van der Waals surface area contributed by atoms with Gasteiger partial charge in [-0.25, -0.2) is 13.8 Å². The molecule has 2 atom stereocenters. The molecule has 31 heavy (non-hydrogen) atoms. The third-order valence-corrected chi connectivity index (χ3v) is 5.55. The van der Waals surface area contributed by atoms with E-state index in [1.807, 2.05) is 4.90 Å². The number of nitrogens with zero attached hydrogens (tertiary/aromatic N) is 4. The second-order valence-electron chi connectivity index (χ2n) is 7.56. The van der Waals surface area contributed by atoms with E-state index in [1.165, 1.54) is 18.2 Å². The van der Waals surface area contributed by atoms with E-state index >= 15 is 0 Å². The summed E-state index contributed by atoms with van der Waals surface area (Å²) in [6.45, 7) is 0.783. The standard InChI is InChI=1S/C22H19F2N5O2/c23-14-2-1-3-15(24)21(14)12-4-5-16-13(8-12)22(28-27-16)17-9-25-10-20(26-17)29-7-6-18(30)19(31)11-29/h1-5,8-10,18-19,30-31H,6-7,11H2,(H,27,28). The molecule has 2 unspecified atom stereocenters. The Bertz CT molecular complexity index is 1240. The van der Waals surface area contributed by atoms with E-state index in [0.717, 1.165) is 0 Å². The Balaban J connectivity index is 1.55. The van der Waals surface area contributed by atoms with Gasteiger partial charge in [-0.15, -0.1) is 0 Å². The van der Waals surface area contributed by atoms with Crippen LogP contribution in [0.25, 0.3) is 33.4 Å². The minimum Gasteiger partial charge on any atom is -0.390 e. The maximum Gasteiger partial charge on any atom is 0.147 e. The van der Waals surface area contributed by atoms with Gasteiger partial charge in [0, 0.05) is 18.5 Å². The van der Waals surface area contributed by atoms with Crippen LogP contribution in [-0.4, -0.2) is 55.7 Å². The number of H-pyrrole nitrogens is 1. The first-order valence-corrected chi connectivity index (χ1v) is 9.87. The maximum atomic E-state index is 14.3. The minimum atomic E-state index is -0.858. The van der Waals surface area contributed by atoms with Gasteiger partial charge in [-0.2, -0.15) is 5.10 Å². The number of hydrogen-bond donors (Lipinski definition) is 3. The lowest BCUT2D eigenvalue weighted by atomic mass is 10.0. The SMILES string of the molecule is OC1CCN(c2cncc(-c3n[nH]c4ccc(-c5c(F)cccc5F)cc34)n2)CC1O. The van der Waals surface area contributed by atoms with Crippen LogP contribution in [-0.2, 0) is 0 Å². The van der Waals surface area contributed by atoms with Gasteiger partial charge in [0.25, 0.3) is 0 Å². The number of aromatic nitrogens is 4. The first kappa shape index (κ1) is 19.5. The zero-order valence-corrected chi connectivity index (χ0v) is 16.3. The molecule has 0 amide bonds. The highest BCUT2D eigenvalue weighted by atomic mass is 19.1. The Kier molecular flexibility index (Phi) is 4.84. The van der Waals surface area contributed by atoms with E-state index in [2.05, 4.69) is 20.2 Å². The van der Waals surface area contributed by atoms with Gasteiger partial charge in [-0.05, 0) is 36.2 Å². The van der Waals surface area contributed by atoms with Crippen molar-refractivity contribution < 1.29 is 19.0 Å². The van der Waals surface area contributed by atoms with Crippen molar-refractivity contribution in [3.63, 3.8) is 0 Å². The topological polar surface area (TPSA) is 98.2 Å². The predicted molar refractivity (Wildman–Crippen MR) is 111 cm³/mol. The van der Waals surface area contributed by atoms with Gasteiger partial charge in [0.05, 0.1) is 35.7 Å². The van der Waals surface area contributed by atoms with E-state index < -0.39 is 23.8 Å². The number of aliphatic hydroxyl groups excluding tert-OH is 2.